The molecule has 0 saturated heterocycles. The number of rotatable bonds is 5. The van der Waals surface area contributed by atoms with Crippen LogP contribution in [0.3, 0.4) is 0 Å². The fourth-order valence-corrected chi connectivity index (χ4v) is 2.07. The van der Waals surface area contributed by atoms with Crippen LogP contribution in [0, 0.1) is 0 Å². The van der Waals surface area contributed by atoms with Gasteiger partial charge in [0.1, 0.15) is 17.7 Å². The highest BCUT2D eigenvalue weighted by Gasteiger charge is 2.16. The van der Waals surface area contributed by atoms with E-state index in [-0.39, 0.29) is 6.54 Å². The van der Waals surface area contributed by atoms with Crippen molar-refractivity contribution in [2.75, 3.05) is 13.7 Å². The fraction of sp³-hybridized carbons (Fsp3) is 0.462. The second kappa shape index (κ2) is 5.37. The van der Waals surface area contributed by atoms with Crippen LogP contribution >= 0.6 is 0 Å². The van der Waals surface area contributed by atoms with E-state index < -0.39 is 6.10 Å². The van der Waals surface area contributed by atoms with E-state index in [1.807, 2.05) is 22.8 Å². The second-order valence-corrected chi connectivity index (χ2v) is 4.23. The monoisotopic (exact) mass is 249 g/mol. The maximum atomic E-state index is 9.92. The topological polar surface area (TPSA) is 73.3 Å². The van der Waals surface area contributed by atoms with Gasteiger partial charge in [-0.1, -0.05) is 6.92 Å². The second-order valence-electron chi connectivity index (χ2n) is 4.23. The number of aryl methyl sites for hydroxylation is 1. The van der Waals surface area contributed by atoms with Gasteiger partial charge in [0.2, 0.25) is 0 Å². The first-order valence-electron chi connectivity index (χ1n) is 6.13. The molecule has 0 saturated carbocycles. The van der Waals surface area contributed by atoms with Crippen LogP contribution in [0.1, 0.15) is 25.3 Å². The lowest BCUT2D eigenvalue weighted by Gasteiger charge is -2.11. The third-order valence-electron chi connectivity index (χ3n) is 2.95. The minimum absolute atomic E-state index is 0.171. The molecule has 5 nitrogen and oxygen atoms in total. The van der Waals surface area contributed by atoms with Gasteiger partial charge in [-0.05, 0) is 18.6 Å². The summed E-state index contributed by atoms with van der Waals surface area (Å²) in [5, 5.41) is 9.92. The van der Waals surface area contributed by atoms with Crippen molar-refractivity contribution in [2.24, 2.45) is 5.73 Å². The number of methoxy groups -OCH3 is 1. The number of imidazole rings is 1. The number of ether oxygens (including phenoxy) is 1. The Bertz CT molecular complexity index is 536. The molecule has 2 aromatic rings. The van der Waals surface area contributed by atoms with Gasteiger partial charge in [0.05, 0.1) is 18.1 Å². The molecule has 2 rings (SSSR count). The number of nitrogens with two attached hydrogens (primary N) is 1. The fourth-order valence-electron chi connectivity index (χ4n) is 2.07. The molecule has 5 heteroatoms. The smallest absolute Gasteiger partial charge is 0.140 e. The summed E-state index contributed by atoms with van der Waals surface area (Å²) < 4.78 is 7.20. The molecule has 1 unspecified atom stereocenters. The summed E-state index contributed by atoms with van der Waals surface area (Å²) in [5.74, 6) is 1.39. The van der Waals surface area contributed by atoms with Gasteiger partial charge in [-0.15, -0.1) is 0 Å². The maximum Gasteiger partial charge on any atom is 0.140 e. The molecule has 1 atom stereocenters. The Morgan fingerprint density at radius 3 is 2.89 bits per heavy atom. The Hall–Kier alpha value is -1.59. The zero-order valence-electron chi connectivity index (χ0n) is 10.8. The third-order valence-corrected chi connectivity index (χ3v) is 2.95. The van der Waals surface area contributed by atoms with E-state index in [0.29, 0.717) is 5.82 Å². The summed E-state index contributed by atoms with van der Waals surface area (Å²) in [4.78, 5) is 4.46. The average Bonchev–Trinajstić information content (AvgIpc) is 2.76. The largest absolute Gasteiger partial charge is 0.497 e. The van der Waals surface area contributed by atoms with E-state index in [9.17, 15) is 5.11 Å². The van der Waals surface area contributed by atoms with Crippen LogP contribution in [0.5, 0.6) is 5.75 Å². The molecule has 1 aromatic carbocycles. The highest BCUT2D eigenvalue weighted by molar-refractivity contribution is 5.78. The molecule has 3 N–H and O–H groups in total. The molecule has 0 radical (unpaired) electrons. The Labute approximate surface area is 106 Å². The number of hydrogen-bond acceptors (Lipinski definition) is 4. The molecule has 1 aromatic heterocycles. The molecule has 0 amide bonds. The summed E-state index contributed by atoms with van der Waals surface area (Å²) in [7, 11) is 1.62. The van der Waals surface area contributed by atoms with Gasteiger partial charge in [-0.3, -0.25) is 0 Å². The van der Waals surface area contributed by atoms with Crippen molar-refractivity contribution in [1.29, 1.82) is 0 Å². The van der Waals surface area contributed by atoms with E-state index in [1.54, 1.807) is 7.11 Å². The first kappa shape index (κ1) is 12.9. The van der Waals surface area contributed by atoms with Gasteiger partial charge in [-0.25, -0.2) is 4.98 Å². The van der Waals surface area contributed by atoms with Crippen molar-refractivity contribution in [3.8, 4) is 5.75 Å². The first-order chi connectivity index (χ1) is 8.71. The molecule has 98 valence electrons. The van der Waals surface area contributed by atoms with Gasteiger partial charge in [0, 0.05) is 19.2 Å². The molecule has 0 aliphatic rings. The van der Waals surface area contributed by atoms with Crippen molar-refractivity contribution in [3.63, 3.8) is 0 Å². The molecule has 18 heavy (non-hydrogen) atoms. The minimum atomic E-state index is -0.727. The van der Waals surface area contributed by atoms with E-state index in [4.69, 9.17) is 10.5 Å². The summed E-state index contributed by atoms with van der Waals surface area (Å²) in [6.45, 7) is 3.08. The molecule has 1 heterocycles. The van der Waals surface area contributed by atoms with Gasteiger partial charge >= 0.3 is 0 Å². The standard InChI is InChI=1S/C13H19N3O2/c1-3-6-16-11-5-4-9(18-2)7-10(11)15-13(16)12(17)8-14/h4-5,7,12,17H,3,6,8,14H2,1-2H3. The normalized spacial score (nSPS) is 12.9. The molecular formula is C13H19N3O2. The zero-order chi connectivity index (χ0) is 13.1. The lowest BCUT2D eigenvalue weighted by atomic mass is 10.3. The molecule has 0 aliphatic carbocycles. The van der Waals surface area contributed by atoms with E-state index in [0.717, 1.165) is 29.7 Å². The summed E-state index contributed by atoms with van der Waals surface area (Å²) in [6.07, 6.45) is 0.247. The van der Waals surface area contributed by atoms with Crippen molar-refractivity contribution in [3.05, 3.63) is 24.0 Å². The maximum absolute atomic E-state index is 9.92. The minimum Gasteiger partial charge on any atom is -0.497 e. The highest BCUT2D eigenvalue weighted by atomic mass is 16.5. The van der Waals surface area contributed by atoms with Crippen molar-refractivity contribution < 1.29 is 9.84 Å². The number of benzene rings is 1. The first-order valence-corrected chi connectivity index (χ1v) is 6.13. The van der Waals surface area contributed by atoms with Crippen LogP contribution in [0.4, 0.5) is 0 Å². The van der Waals surface area contributed by atoms with Crippen LogP contribution < -0.4 is 10.5 Å². The third kappa shape index (κ3) is 2.19. The van der Waals surface area contributed by atoms with Crippen molar-refractivity contribution >= 4 is 11.0 Å². The Morgan fingerprint density at radius 1 is 1.50 bits per heavy atom. The lowest BCUT2D eigenvalue weighted by Crippen LogP contribution is -2.17. The molecule has 0 fully saturated rings. The summed E-state index contributed by atoms with van der Waals surface area (Å²) >= 11 is 0. The van der Waals surface area contributed by atoms with Crippen LogP contribution in [0.2, 0.25) is 0 Å². The van der Waals surface area contributed by atoms with Crippen LogP contribution in [-0.2, 0) is 6.54 Å². The molecular weight excluding hydrogens is 230 g/mol. The number of aliphatic hydroxyl groups is 1. The van der Waals surface area contributed by atoms with Gasteiger partial charge in [0.15, 0.2) is 0 Å². The zero-order valence-corrected chi connectivity index (χ0v) is 10.8. The lowest BCUT2D eigenvalue weighted by molar-refractivity contribution is 0.172. The number of aliphatic hydroxyl groups excluding tert-OH is 1. The predicted octanol–water partition coefficient (Wildman–Crippen LogP) is 1.45. The SMILES string of the molecule is CCCn1c(C(O)CN)nc2cc(OC)ccc21. The van der Waals surface area contributed by atoms with Gasteiger partial charge in [-0.2, -0.15) is 0 Å². The Kier molecular flexibility index (Phi) is 3.84. The average molecular weight is 249 g/mol. The molecule has 0 bridgehead atoms. The van der Waals surface area contributed by atoms with E-state index in [1.165, 1.54) is 0 Å². The molecule has 0 aliphatic heterocycles. The Morgan fingerprint density at radius 2 is 2.28 bits per heavy atom. The van der Waals surface area contributed by atoms with Gasteiger partial charge in [0.25, 0.3) is 0 Å². The van der Waals surface area contributed by atoms with E-state index >= 15 is 0 Å². The summed E-state index contributed by atoms with van der Waals surface area (Å²) in [6, 6.07) is 5.73. The van der Waals surface area contributed by atoms with E-state index in [2.05, 4.69) is 11.9 Å². The summed E-state index contributed by atoms with van der Waals surface area (Å²) in [5.41, 5.74) is 7.34. The van der Waals surface area contributed by atoms with Crippen LogP contribution in [0.15, 0.2) is 18.2 Å². The number of hydrogen-bond donors (Lipinski definition) is 2. The van der Waals surface area contributed by atoms with Crippen LogP contribution in [0.25, 0.3) is 11.0 Å². The van der Waals surface area contributed by atoms with Crippen molar-refractivity contribution in [1.82, 2.24) is 9.55 Å². The number of fused-ring (bicyclic) bond motifs is 1. The van der Waals surface area contributed by atoms with Crippen molar-refractivity contribution in [2.45, 2.75) is 26.0 Å². The highest BCUT2D eigenvalue weighted by Crippen LogP contribution is 2.24. The Balaban J connectivity index is 2.58. The van der Waals surface area contributed by atoms with Crippen LogP contribution in [-0.4, -0.2) is 28.3 Å². The predicted molar refractivity (Wildman–Crippen MR) is 70.6 cm³/mol. The van der Waals surface area contributed by atoms with Gasteiger partial charge < -0.3 is 20.1 Å². The number of aromatic nitrogens is 2. The molecule has 0 spiro atoms. The quantitative estimate of drug-likeness (QED) is 0.841. The number of nitrogens with zero attached hydrogens (tertiary/aromatic N) is 2.